The molecule has 1 heterocycles. The summed E-state index contributed by atoms with van der Waals surface area (Å²) in [5.41, 5.74) is -1.86. The van der Waals surface area contributed by atoms with Crippen molar-refractivity contribution < 1.29 is 23.2 Å². The van der Waals surface area contributed by atoms with Gasteiger partial charge in [-0.1, -0.05) is 6.08 Å². The van der Waals surface area contributed by atoms with Gasteiger partial charge in [-0.15, -0.1) is 0 Å². The molecule has 0 spiro atoms. The van der Waals surface area contributed by atoms with Crippen LogP contribution in [0, 0.1) is 11.3 Å². The summed E-state index contributed by atoms with van der Waals surface area (Å²) in [6, 6.07) is 0. The maximum atomic E-state index is 12.7. The normalized spacial score (nSPS) is 34.7. The van der Waals surface area contributed by atoms with Crippen LogP contribution < -0.4 is 0 Å². The fourth-order valence-electron chi connectivity index (χ4n) is 2.26. The number of rotatable bonds is 1. The van der Waals surface area contributed by atoms with E-state index in [1.165, 1.54) is 4.90 Å². The largest absolute Gasteiger partial charge is 0.505 e. The highest BCUT2D eigenvalue weighted by atomic mass is 19.4. The summed E-state index contributed by atoms with van der Waals surface area (Å²) in [5, 5.41) is 17.9. The van der Waals surface area contributed by atoms with Crippen molar-refractivity contribution in [3.63, 3.8) is 0 Å². The van der Waals surface area contributed by atoms with E-state index in [1.54, 1.807) is 7.05 Å². The minimum absolute atomic E-state index is 0.0526. The van der Waals surface area contributed by atoms with E-state index in [4.69, 9.17) is 10.0 Å². The Morgan fingerprint density at radius 2 is 2.13 bits per heavy atom. The number of alkyl halides is 3. The van der Waals surface area contributed by atoms with Gasteiger partial charge in [0.15, 0.2) is 0 Å². The fourth-order valence-corrected chi connectivity index (χ4v) is 2.26. The molecule has 0 saturated heterocycles. The molecule has 2 aliphatic rings. The molecule has 1 saturated carbocycles. The molecule has 0 radical (unpaired) electrons. The van der Waals surface area contributed by atoms with Crippen molar-refractivity contribution in [1.29, 1.82) is 0 Å². The Morgan fingerprint density at radius 1 is 1.53 bits per heavy atom. The van der Waals surface area contributed by atoms with Crippen LogP contribution in [0.5, 0.6) is 0 Å². The predicted octanol–water partition coefficient (Wildman–Crippen LogP) is 0.396. The molecular formula is C8H11BF3NO2. The van der Waals surface area contributed by atoms with Crippen LogP contribution in [0.15, 0.2) is 11.7 Å². The first-order valence-electron chi connectivity index (χ1n) is 4.65. The SMILES string of the molecule is CN1CC2CC2(C(F)(F)F)C=C1B(O)O. The molecule has 0 aromatic rings. The average molecular weight is 221 g/mol. The molecule has 1 aliphatic heterocycles. The first-order chi connectivity index (χ1) is 6.78. The average Bonchev–Trinajstić information content (AvgIpc) is 2.75. The van der Waals surface area contributed by atoms with Gasteiger partial charge in [-0.3, -0.25) is 0 Å². The van der Waals surface area contributed by atoms with Crippen molar-refractivity contribution in [3.8, 4) is 0 Å². The summed E-state index contributed by atoms with van der Waals surface area (Å²) < 4.78 is 38.1. The van der Waals surface area contributed by atoms with Crippen molar-refractivity contribution in [2.45, 2.75) is 12.6 Å². The standard InChI is InChI=1S/C8H11BF3NO2/c1-13-4-5-2-7(5,8(10,11)12)3-6(13)9(14)15/h3,5,14-15H,2,4H2,1H3. The van der Waals surface area contributed by atoms with Gasteiger partial charge in [0.1, 0.15) is 0 Å². The fraction of sp³-hybridized carbons (Fsp3) is 0.750. The smallest absolute Gasteiger partial charge is 0.422 e. The van der Waals surface area contributed by atoms with E-state index in [1.807, 2.05) is 0 Å². The van der Waals surface area contributed by atoms with Crippen molar-refractivity contribution in [2.24, 2.45) is 11.3 Å². The van der Waals surface area contributed by atoms with Crippen molar-refractivity contribution >= 4 is 7.12 Å². The lowest BCUT2D eigenvalue weighted by atomic mass is 9.79. The van der Waals surface area contributed by atoms with E-state index >= 15 is 0 Å². The predicted molar refractivity (Wildman–Crippen MR) is 47.5 cm³/mol. The number of hydrogen-bond acceptors (Lipinski definition) is 3. The molecule has 0 bridgehead atoms. The zero-order valence-corrected chi connectivity index (χ0v) is 8.12. The molecule has 2 rings (SSSR count). The second kappa shape index (κ2) is 2.92. The summed E-state index contributed by atoms with van der Waals surface area (Å²) in [6.07, 6.45) is -3.28. The van der Waals surface area contributed by atoms with E-state index in [-0.39, 0.29) is 18.6 Å². The summed E-state index contributed by atoms with van der Waals surface area (Å²) >= 11 is 0. The van der Waals surface area contributed by atoms with Gasteiger partial charge in [-0.05, 0) is 12.3 Å². The molecule has 0 aromatic carbocycles. The van der Waals surface area contributed by atoms with Crippen LogP contribution in [-0.4, -0.2) is 41.8 Å². The van der Waals surface area contributed by atoms with Crippen molar-refractivity contribution in [3.05, 3.63) is 11.7 Å². The zero-order valence-electron chi connectivity index (χ0n) is 8.12. The summed E-state index contributed by atoms with van der Waals surface area (Å²) in [5.74, 6) is -0.440. The van der Waals surface area contributed by atoms with E-state index in [9.17, 15) is 13.2 Å². The highest BCUT2D eigenvalue weighted by Gasteiger charge is 2.70. The maximum absolute atomic E-state index is 12.7. The first-order valence-corrected chi connectivity index (χ1v) is 4.65. The van der Waals surface area contributed by atoms with Crippen LogP contribution in [0.4, 0.5) is 13.2 Å². The van der Waals surface area contributed by atoms with Crippen LogP contribution in [0.1, 0.15) is 6.42 Å². The lowest BCUT2D eigenvalue weighted by Gasteiger charge is -2.31. The molecular weight excluding hydrogens is 210 g/mol. The Morgan fingerprint density at radius 3 is 2.60 bits per heavy atom. The minimum Gasteiger partial charge on any atom is -0.422 e. The molecule has 2 N–H and O–H groups in total. The molecule has 1 fully saturated rings. The van der Waals surface area contributed by atoms with Gasteiger partial charge in [0, 0.05) is 19.2 Å². The molecule has 7 heteroatoms. The van der Waals surface area contributed by atoms with Crippen LogP contribution in [0.2, 0.25) is 0 Å². The van der Waals surface area contributed by atoms with Gasteiger partial charge >= 0.3 is 13.3 Å². The zero-order chi connectivity index (χ0) is 11.4. The van der Waals surface area contributed by atoms with Crippen molar-refractivity contribution in [1.82, 2.24) is 4.90 Å². The summed E-state index contributed by atoms with van der Waals surface area (Å²) in [4.78, 5) is 1.46. The Labute approximate surface area is 85.3 Å². The van der Waals surface area contributed by atoms with Gasteiger partial charge in [-0.25, -0.2) is 0 Å². The Balaban J connectivity index is 2.34. The monoisotopic (exact) mass is 221 g/mol. The topological polar surface area (TPSA) is 43.7 Å². The Bertz CT molecular complexity index is 317. The number of halogens is 3. The molecule has 0 aromatic heterocycles. The third-order valence-electron chi connectivity index (χ3n) is 3.29. The quantitative estimate of drug-likeness (QED) is 0.629. The molecule has 3 nitrogen and oxygen atoms in total. The van der Waals surface area contributed by atoms with Gasteiger partial charge < -0.3 is 14.9 Å². The van der Waals surface area contributed by atoms with Crippen LogP contribution in [0.25, 0.3) is 0 Å². The van der Waals surface area contributed by atoms with Crippen LogP contribution in [0.3, 0.4) is 0 Å². The molecule has 0 amide bonds. The summed E-state index contributed by atoms with van der Waals surface area (Å²) in [7, 11) is -0.278. The second-order valence-corrected chi connectivity index (χ2v) is 4.26. The lowest BCUT2D eigenvalue weighted by Crippen LogP contribution is -2.39. The van der Waals surface area contributed by atoms with Gasteiger partial charge in [-0.2, -0.15) is 13.2 Å². The molecule has 15 heavy (non-hydrogen) atoms. The molecule has 2 atom stereocenters. The lowest BCUT2D eigenvalue weighted by molar-refractivity contribution is -0.178. The Kier molecular flexibility index (Phi) is 2.10. The number of allylic oxidation sites excluding steroid dienone is 1. The van der Waals surface area contributed by atoms with Crippen molar-refractivity contribution in [2.75, 3.05) is 13.6 Å². The second-order valence-electron chi connectivity index (χ2n) is 4.26. The van der Waals surface area contributed by atoms with E-state index in [0.717, 1.165) is 6.08 Å². The maximum Gasteiger partial charge on any atom is 0.505 e. The minimum atomic E-state index is -4.29. The highest BCUT2D eigenvalue weighted by molar-refractivity contribution is 6.50. The Hall–Kier alpha value is -0.685. The number of fused-ring (bicyclic) bond motifs is 1. The molecule has 2 unspecified atom stereocenters. The van der Waals surface area contributed by atoms with Crippen LogP contribution in [-0.2, 0) is 0 Å². The molecule has 84 valence electrons. The third-order valence-corrected chi connectivity index (χ3v) is 3.29. The molecule has 1 aliphatic carbocycles. The van der Waals surface area contributed by atoms with Gasteiger partial charge in [0.25, 0.3) is 0 Å². The van der Waals surface area contributed by atoms with E-state index < -0.39 is 24.6 Å². The van der Waals surface area contributed by atoms with E-state index in [0.29, 0.717) is 0 Å². The number of hydrogen-bond donors (Lipinski definition) is 2. The van der Waals surface area contributed by atoms with E-state index in [2.05, 4.69) is 0 Å². The van der Waals surface area contributed by atoms with Gasteiger partial charge in [0.2, 0.25) is 0 Å². The van der Waals surface area contributed by atoms with Crippen LogP contribution >= 0.6 is 0 Å². The summed E-state index contributed by atoms with van der Waals surface area (Å²) in [6.45, 7) is 0.225. The third kappa shape index (κ3) is 1.45. The first kappa shape index (κ1) is 10.8. The van der Waals surface area contributed by atoms with Gasteiger partial charge in [0.05, 0.1) is 5.41 Å². The highest BCUT2D eigenvalue weighted by Crippen LogP contribution is 2.65. The number of nitrogens with zero attached hydrogens (tertiary/aromatic N) is 1.